The molecule has 20 heavy (non-hydrogen) atoms. The Hall–Kier alpha value is -0.520. The summed E-state index contributed by atoms with van der Waals surface area (Å²) in [6.07, 6.45) is 15.5. The second-order valence-electron chi connectivity index (χ2n) is 8.75. The minimum absolute atomic E-state index is 0.522. The summed E-state index contributed by atoms with van der Waals surface area (Å²) in [5.41, 5.74) is 4.37. The Balaban J connectivity index is 1.69. The zero-order chi connectivity index (χ0) is 14.0. The molecule has 0 nitrogen and oxygen atoms in total. The first-order chi connectivity index (χ1) is 9.53. The van der Waals surface area contributed by atoms with Crippen LogP contribution >= 0.6 is 0 Å². The van der Waals surface area contributed by atoms with Crippen LogP contribution in [-0.4, -0.2) is 0 Å². The Kier molecular flexibility index (Phi) is 2.79. The average molecular weight is 270 g/mol. The van der Waals surface area contributed by atoms with E-state index < -0.39 is 0 Å². The first kappa shape index (κ1) is 13.2. The SMILES string of the molecule is C=C1C=C2CCC3C4CCC[C@@]4(C)CCC3[C@@]2(C)CC1. The Morgan fingerprint density at radius 3 is 2.70 bits per heavy atom. The van der Waals surface area contributed by atoms with E-state index in [1.165, 1.54) is 63.4 Å². The van der Waals surface area contributed by atoms with Crippen molar-refractivity contribution in [3.8, 4) is 0 Å². The lowest BCUT2D eigenvalue weighted by molar-refractivity contribution is -0.0345. The van der Waals surface area contributed by atoms with E-state index in [0.717, 1.165) is 17.8 Å². The van der Waals surface area contributed by atoms with Gasteiger partial charge in [-0.25, -0.2) is 0 Å². The van der Waals surface area contributed by atoms with Crippen molar-refractivity contribution in [3.63, 3.8) is 0 Å². The van der Waals surface area contributed by atoms with Crippen LogP contribution in [0.5, 0.6) is 0 Å². The Labute approximate surface area is 124 Å². The topological polar surface area (TPSA) is 0 Å². The molecule has 3 fully saturated rings. The van der Waals surface area contributed by atoms with Crippen molar-refractivity contribution in [3.05, 3.63) is 23.8 Å². The van der Waals surface area contributed by atoms with Crippen molar-refractivity contribution < 1.29 is 0 Å². The van der Waals surface area contributed by atoms with Crippen molar-refractivity contribution in [1.29, 1.82) is 0 Å². The summed E-state index contributed by atoms with van der Waals surface area (Å²) in [4.78, 5) is 0. The van der Waals surface area contributed by atoms with Crippen LogP contribution in [0.15, 0.2) is 23.8 Å². The minimum atomic E-state index is 0.522. The molecule has 0 heterocycles. The van der Waals surface area contributed by atoms with Crippen LogP contribution in [0.2, 0.25) is 0 Å². The van der Waals surface area contributed by atoms with Gasteiger partial charge in [-0.15, -0.1) is 0 Å². The lowest BCUT2D eigenvalue weighted by Gasteiger charge is -2.57. The highest BCUT2D eigenvalue weighted by Gasteiger charge is 2.55. The van der Waals surface area contributed by atoms with Crippen LogP contribution in [0, 0.1) is 28.6 Å². The minimum Gasteiger partial charge on any atom is -0.0958 e. The van der Waals surface area contributed by atoms with E-state index in [1.807, 2.05) is 0 Å². The molecule has 0 spiro atoms. The third-order valence-corrected chi connectivity index (χ3v) is 7.86. The number of fused-ring (bicyclic) bond motifs is 5. The molecule has 0 aromatic rings. The molecule has 4 aliphatic carbocycles. The Bertz CT molecular complexity index is 470. The number of hydrogen-bond acceptors (Lipinski definition) is 0. The molecule has 0 aromatic carbocycles. The van der Waals surface area contributed by atoms with Gasteiger partial charge in [-0.2, -0.15) is 0 Å². The lowest BCUT2D eigenvalue weighted by Crippen LogP contribution is -2.48. The summed E-state index contributed by atoms with van der Waals surface area (Å²) in [7, 11) is 0. The monoisotopic (exact) mass is 270 g/mol. The smallest absolute Gasteiger partial charge is 0.00790 e. The first-order valence-electron chi connectivity index (χ1n) is 8.92. The number of hydrogen-bond donors (Lipinski definition) is 0. The molecule has 0 aromatic heterocycles. The highest BCUT2D eigenvalue weighted by atomic mass is 14.6. The Morgan fingerprint density at radius 2 is 1.85 bits per heavy atom. The van der Waals surface area contributed by atoms with Crippen LogP contribution in [0.4, 0.5) is 0 Å². The van der Waals surface area contributed by atoms with Gasteiger partial charge in [0.2, 0.25) is 0 Å². The fourth-order valence-electron chi connectivity index (χ4n) is 6.64. The van der Waals surface area contributed by atoms with Gasteiger partial charge in [0, 0.05) is 0 Å². The summed E-state index contributed by atoms with van der Waals surface area (Å²) in [6, 6.07) is 0. The zero-order valence-electron chi connectivity index (χ0n) is 13.4. The number of rotatable bonds is 0. The molecule has 3 saturated carbocycles. The maximum absolute atomic E-state index is 4.23. The first-order valence-corrected chi connectivity index (χ1v) is 8.92. The van der Waals surface area contributed by atoms with E-state index >= 15 is 0 Å². The van der Waals surface area contributed by atoms with Gasteiger partial charge in [0.25, 0.3) is 0 Å². The van der Waals surface area contributed by atoms with Crippen molar-refractivity contribution in [2.24, 2.45) is 28.6 Å². The fourth-order valence-corrected chi connectivity index (χ4v) is 6.64. The van der Waals surface area contributed by atoms with Crippen LogP contribution in [-0.2, 0) is 0 Å². The lowest BCUT2D eigenvalue weighted by atomic mass is 9.47. The van der Waals surface area contributed by atoms with Crippen LogP contribution in [0.3, 0.4) is 0 Å². The van der Waals surface area contributed by atoms with E-state index in [0.29, 0.717) is 10.8 Å². The van der Waals surface area contributed by atoms with E-state index in [4.69, 9.17) is 0 Å². The van der Waals surface area contributed by atoms with Gasteiger partial charge < -0.3 is 0 Å². The molecule has 0 N–H and O–H groups in total. The third kappa shape index (κ3) is 1.66. The standard InChI is InChI=1S/C20H30/c1-14-8-12-20(3)15(13-14)6-7-16-17-5-4-10-19(17,2)11-9-18(16)20/h13,16-18H,1,4-12H2,2-3H3/t16?,17?,18?,19-,20-/m0/s1. The molecule has 5 atom stereocenters. The molecule has 0 saturated heterocycles. The van der Waals surface area contributed by atoms with Gasteiger partial charge >= 0.3 is 0 Å². The van der Waals surface area contributed by atoms with Crippen molar-refractivity contribution in [1.82, 2.24) is 0 Å². The summed E-state index contributed by atoms with van der Waals surface area (Å²) in [5.74, 6) is 3.06. The zero-order valence-corrected chi connectivity index (χ0v) is 13.4. The highest BCUT2D eigenvalue weighted by Crippen LogP contribution is 2.65. The normalized spacial score (nSPS) is 51.0. The summed E-state index contributed by atoms with van der Waals surface area (Å²) in [6.45, 7) is 9.43. The number of allylic oxidation sites excluding steroid dienone is 3. The van der Waals surface area contributed by atoms with Crippen LogP contribution in [0.1, 0.15) is 71.6 Å². The van der Waals surface area contributed by atoms with E-state index in [2.05, 4.69) is 26.5 Å². The Morgan fingerprint density at radius 1 is 1.00 bits per heavy atom. The molecule has 0 amide bonds. The molecule has 0 bridgehead atoms. The predicted octanol–water partition coefficient (Wildman–Crippen LogP) is 5.90. The molecule has 4 rings (SSSR count). The van der Waals surface area contributed by atoms with Crippen LogP contribution in [0.25, 0.3) is 0 Å². The van der Waals surface area contributed by atoms with Crippen molar-refractivity contribution in [2.45, 2.75) is 71.6 Å². The maximum Gasteiger partial charge on any atom is -0.00790 e. The van der Waals surface area contributed by atoms with Crippen LogP contribution < -0.4 is 0 Å². The fraction of sp³-hybridized carbons (Fsp3) is 0.800. The summed E-state index contributed by atoms with van der Waals surface area (Å²) in [5, 5.41) is 0. The van der Waals surface area contributed by atoms with Gasteiger partial charge in [0.05, 0.1) is 0 Å². The van der Waals surface area contributed by atoms with Gasteiger partial charge in [0.15, 0.2) is 0 Å². The van der Waals surface area contributed by atoms with Gasteiger partial charge in [0.1, 0.15) is 0 Å². The molecule has 0 heteroatoms. The average Bonchev–Trinajstić information content (AvgIpc) is 2.81. The van der Waals surface area contributed by atoms with Gasteiger partial charge in [-0.3, -0.25) is 0 Å². The third-order valence-electron chi connectivity index (χ3n) is 7.86. The van der Waals surface area contributed by atoms with Gasteiger partial charge in [-0.1, -0.05) is 44.1 Å². The summed E-state index contributed by atoms with van der Waals surface area (Å²) < 4.78 is 0. The molecule has 0 aliphatic heterocycles. The molecule has 0 radical (unpaired) electrons. The van der Waals surface area contributed by atoms with Gasteiger partial charge in [-0.05, 0) is 80.0 Å². The second kappa shape index (κ2) is 4.24. The molecular weight excluding hydrogens is 240 g/mol. The van der Waals surface area contributed by atoms with E-state index in [1.54, 1.807) is 5.57 Å². The predicted molar refractivity (Wildman–Crippen MR) is 85.5 cm³/mol. The highest BCUT2D eigenvalue weighted by molar-refractivity contribution is 5.33. The maximum atomic E-state index is 4.23. The van der Waals surface area contributed by atoms with Crippen molar-refractivity contribution >= 4 is 0 Å². The molecule has 3 unspecified atom stereocenters. The van der Waals surface area contributed by atoms with E-state index in [-0.39, 0.29) is 0 Å². The largest absolute Gasteiger partial charge is 0.0958 e. The summed E-state index contributed by atoms with van der Waals surface area (Å²) >= 11 is 0. The molecular formula is C20H30. The quantitative estimate of drug-likeness (QED) is 0.514. The molecule has 110 valence electrons. The molecule has 4 aliphatic rings. The van der Waals surface area contributed by atoms with E-state index in [9.17, 15) is 0 Å². The second-order valence-corrected chi connectivity index (χ2v) is 8.75. The van der Waals surface area contributed by atoms with Crippen molar-refractivity contribution in [2.75, 3.05) is 0 Å².